The molecule has 0 spiro atoms. The third-order valence-electron chi connectivity index (χ3n) is 4.69. The van der Waals surface area contributed by atoms with E-state index in [-0.39, 0.29) is 0 Å². The molecule has 2 heterocycles. The zero-order valence-electron chi connectivity index (χ0n) is 16.1. The number of hydrogen-bond donors (Lipinski definition) is 2. The predicted octanol–water partition coefficient (Wildman–Crippen LogP) is 6.06. The summed E-state index contributed by atoms with van der Waals surface area (Å²) in [7, 11) is 0. The Hall–Kier alpha value is -2.60. The molecule has 2 N–H and O–H groups in total. The van der Waals surface area contributed by atoms with E-state index in [1.807, 2.05) is 42.5 Å². The van der Waals surface area contributed by atoms with E-state index in [0.29, 0.717) is 17.4 Å². The maximum atomic E-state index is 11.8. The minimum Gasteiger partial charge on any atom is -0.479 e. The Balaban J connectivity index is 1.62. The van der Waals surface area contributed by atoms with Crippen LogP contribution in [0.25, 0.3) is 0 Å². The first-order valence-electron chi connectivity index (χ1n) is 9.35. The maximum Gasteiger partial charge on any atom is 0.334 e. The molecule has 0 amide bonds. The molecule has 5 nitrogen and oxygen atoms in total. The minimum atomic E-state index is -0.977. The lowest BCUT2D eigenvalue weighted by Gasteiger charge is -2.15. The van der Waals surface area contributed by atoms with Gasteiger partial charge >= 0.3 is 5.97 Å². The summed E-state index contributed by atoms with van der Waals surface area (Å²) in [6.45, 7) is 4.33. The molecule has 2 unspecified atom stereocenters. The largest absolute Gasteiger partial charge is 0.479 e. The Morgan fingerprint density at radius 3 is 2.50 bits per heavy atom. The predicted molar refractivity (Wildman–Crippen MR) is 112 cm³/mol. The van der Waals surface area contributed by atoms with Gasteiger partial charge in [-0.1, -0.05) is 26.0 Å². The molecule has 0 fully saturated rings. The molecule has 28 heavy (non-hydrogen) atoms. The summed E-state index contributed by atoms with van der Waals surface area (Å²) in [4.78, 5) is 11.8. The molecule has 0 saturated heterocycles. The number of anilines is 1. The van der Waals surface area contributed by atoms with Gasteiger partial charge in [-0.25, -0.2) is 4.79 Å². The molecule has 1 aromatic carbocycles. The molecule has 0 aliphatic heterocycles. The van der Waals surface area contributed by atoms with Crippen LogP contribution >= 0.6 is 11.8 Å². The number of carboxylic acid groups (broad SMARTS) is 1. The van der Waals surface area contributed by atoms with Gasteiger partial charge in [0.25, 0.3) is 0 Å². The van der Waals surface area contributed by atoms with Crippen LogP contribution in [-0.4, -0.2) is 11.1 Å². The fraction of sp³-hybridized carbons (Fsp3) is 0.318. The van der Waals surface area contributed by atoms with Crippen LogP contribution in [0, 0.1) is 0 Å². The van der Waals surface area contributed by atoms with Crippen molar-refractivity contribution < 1.29 is 18.7 Å². The van der Waals surface area contributed by atoms with Gasteiger partial charge < -0.3 is 19.3 Å². The lowest BCUT2D eigenvalue weighted by atomic mass is 9.98. The molecule has 6 heteroatoms. The zero-order chi connectivity index (χ0) is 19.9. The highest BCUT2D eigenvalue weighted by atomic mass is 32.2. The maximum absolute atomic E-state index is 11.8. The SMILES string of the molecule is CCC(C)c1ccc(NC(C(=O)O)c2ccc(CSCc3ccco3)o2)cc1. The normalized spacial score (nSPS) is 13.2. The second kappa shape index (κ2) is 9.55. The van der Waals surface area contributed by atoms with Crippen LogP contribution < -0.4 is 5.32 Å². The second-order valence-corrected chi connectivity index (χ2v) is 7.71. The van der Waals surface area contributed by atoms with Crippen LogP contribution in [0.15, 0.2) is 63.6 Å². The lowest BCUT2D eigenvalue weighted by Crippen LogP contribution is -2.19. The average molecular weight is 400 g/mol. The van der Waals surface area contributed by atoms with Gasteiger partial charge in [-0.2, -0.15) is 0 Å². The molecule has 148 valence electrons. The quantitative estimate of drug-likeness (QED) is 0.432. The van der Waals surface area contributed by atoms with Gasteiger partial charge in [0.2, 0.25) is 0 Å². The van der Waals surface area contributed by atoms with Crippen LogP contribution in [0.1, 0.15) is 55.1 Å². The first-order chi connectivity index (χ1) is 13.6. The van der Waals surface area contributed by atoms with Gasteiger partial charge in [0.05, 0.1) is 17.8 Å². The Kier molecular flexibility index (Phi) is 6.87. The van der Waals surface area contributed by atoms with Crippen molar-refractivity contribution in [2.24, 2.45) is 0 Å². The highest BCUT2D eigenvalue weighted by Crippen LogP contribution is 2.27. The summed E-state index contributed by atoms with van der Waals surface area (Å²) < 4.78 is 11.1. The van der Waals surface area contributed by atoms with E-state index in [4.69, 9.17) is 8.83 Å². The molecular formula is C22H25NO4S. The van der Waals surface area contributed by atoms with Crippen molar-refractivity contribution in [3.05, 3.63) is 77.6 Å². The van der Waals surface area contributed by atoms with Crippen molar-refractivity contribution >= 4 is 23.4 Å². The summed E-state index contributed by atoms with van der Waals surface area (Å²) in [5.74, 6) is 2.94. The number of carboxylic acids is 1. The van der Waals surface area contributed by atoms with Crippen molar-refractivity contribution in [1.29, 1.82) is 0 Å². The van der Waals surface area contributed by atoms with Gasteiger partial charge in [-0.05, 0) is 54.3 Å². The molecule has 0 radical (unpaired) electrons. The number of hydrogen-bond acceptors (Lipinski definition) is 5. The number of carbonyl (C=O) groups is 1. The summed E-state index contributed by atoms with van der Waals surface area (Å²) in [6.07, 6.45) is 2.72. The van der Waals surface area contributed by atoms with E-state index in [0.717, 1.165) is 29.4 Å². The standard InChI is InChI=1S/C22H25NO4S/c1-3-15(2)16-6-8-17(9-7-16)23-21(22(24)25)20-11-10-19(27-20)14-28-13-18-5-4-12-26-18/h4-12,15,21,23H,3,13-14H2,1-2H3,(H,24,25). The van der Waals surface area contributed by atoms with E-state index in [1.54, 1.807) is 24.1 Å². The van der Waals surface area contributed by atoms with E-state index in [9.17, 15) is 9.90 Å². The van der Waals surface area contributed by atoms with Gasteiger partial charge in [0.15, 0.2) is 6.04 Å². The third-order valence-corrected chi connectivity index (χ3v) is 5.66. The van der Waals surface area contributed by atoms with Crippen LogP contribution in [0.5, 0.6) is 0 Å². The molecule has 0 aliphatic carbocycles. The highest BCUT2D eigenvalue weighted by molar-refractivity contribution is 7.97. The van der Waals surface area contributed by atoms with Crippen molar-refractivity contribution in [2.75, 3.05) is 5.32 Å². The summed E-state index contributed by atoms with van der Waals surface area (Å²) in [5.41, 5.74) is 2.00. The summed E-state index contributed by atoms with van der Waals surface area (Å²) in [5, 5.41) is 12.7. The Labute approximate surface area is 169 Å². The fourth-order valence-corrected chi connectivity index (χ4v) is 3.66. The third kappa shape index (κ3) is 5.23. The van der Waals surface area contributed by atoms with E-state index in [2.05, 4.69) is 19.2 Å². The molecule has 3 aromatic rings. The van der Waals surface area contributed by atoms with Crippen molar-refractivity contribution in [3.8, 4) is 0 Å². The van der Waals surface area contributed by atoms with Crippen LogP contribution in [0.3, 0.4) is 0 Å². The van der Waals surface area contributed by atoms with Crippen molar-refractivity contribution in [2.45, 2.75) is 43.7 Å². The molecule has 0 aliphatic rings. The van der Waals surface area contributed by atoms with Crippen molar-refractivity contribution in [3.63, 3.8) is 0 Å². The lowest BCUT2D eigenvalue weighted by molar-refractivity contribution is -0.138. The van der Waals surface area contributed by atoms with Gasteiger partial charge in [0.1, 0.15) is 17.3 Å². The molecule has 2 aromatic heterocycles. The summed E-state index contributed by atoms with van der Waals surface area (Å²) >= 11 is 1.65. The topological polar surface area (TPSA) is 75.6 Å². The molecular weight excluding hydrogens is 374 g/mol. The Morgan fingerprint density at radius 2 is 1.86 bits per heavy atom. The van der Waals surface area contributed by atoms with E-state index in [1.165, 1.54) is 5.56 Å². The van der Waals surface area contributed by atoms with Crippen molar-refractivity contribution in [1.82, 2.24) is 0 Å². The fourth-order valence-electron chi connectivity index (χ4n) is 2.84. The van der Waals surface area contributed by atoms with Crippen LogP contribution in [0.4, 0.5) is 5.69 Å². The number of nitrogens with one attached hydrogen (secondary N) is 1. The van der Waals surface area contributed by atoms with Gasteiger partial charge in [0, 0.05) is 5.69 Å². The summed E-state index contributed by atoms with van der Waals surface area (Å²) in [6, 6.07) is 14.3. The number of benzene rings is 1. The average Bonchev–Trinajstić information content (AvgIpc) is 3.38. The molecule has 2 atom stereocenters. The minimum absolute atomic E-state index is 0.395. The van der Waals surface area contributed by atoms with Crippen LogP contribution in [0.2, 0.25) is 0 Å². The second-order valence-electron chi connectivity index (χ2n) is 6.72. The van der Waals surface area contributed by atoms with E-state index >= 15 is 0 Å². The monoisotopic (exact) mass is 399 g/mol. The van der Waals surface area contributed by atoms with Crippen LogP contribution in [-0.2, 0) is 16.3 Å². The number of aliphatic carboxylic acids is 1. The molecule has 0 saturated carbocycles. The Bertz CT molecular complexity index is 870. The number of thioether (sulfide) groups is 1. The zero-order valence-corrected chi connectivity index (χ0v) is 16.9. The highest BCUT2D eigenvalue weighted by Gasteiger charge is 2.23. The van der Waals surface area contributed by atoms with E-state index < -0.39 is 12.0 Å². The Morgan fingerprint density at radius 1 is 1.11 bits per heavy atom. The number of furan rings is 2. The number of rotatable bonds is 10. The molecule has 3 rings (SSSR count). The molecule has 0 bridgehead atoms. The smallest absolute Gasteiger partial charge is 0.334 e. The van der Waals surface area contributed by atoms with Gasteiger partial charge in [-0.3, -0.25) is 0 Å². The first kappa shape index (κ1) is 20.1. The first-order valence-corrected chi connectivity index (χ1v) is 10.5. The van der Waals surface area contributed by atoms with Gasteiger partial charge in [-0.15, -0.1) is 11.8 Å².